The van der Waals surface area contributed by atoms with Crippen molar-refractivity contribution in [3.63, 3.8) is 0 Å². The van der Waals surface area contributed by atoms with Crippen LogP contribution in [0.5, 0.6) is 0 Å². The predicted octanol–water partition coefficient (Wildman–Crippen LogP) is 1.39. The minimum atomic E-state index is -0.528. The van der Waals surface area contributed by atoms with E-state index in [1.807, 2.05) is 6.92 Å². The van der Waals surface area contributed by atoms with Crippen molar-refractivity contribution in [2.75, 3.05) is 0 Å². The Labute approximate surface area is 104 Å². The second kappa shape index (κ2) is 5.17. The van der Waals surface area contributed by atoms with Crippen LogP contribution in [0.1, 0.15) is 27.2 Å². The van der Waals surface area contributed by atoms with Crippen molar-refractivity contribution in [2.45, 2.75) is 39.6 Å². The normalized spacial score (nSPS) is 43.6. The third kappa shape index (κ3) is 2.66. The maximum absolute atomic E-state index is 9.25. The van der Waals surface area contributed by atoms with E-state index in [0.29, 0.717) is 11.8 Å². The smallest absolute Gasteiger partial charge is 0.157 e. The Morgan fingerprint density at radius 1 is 1.27 bits per heavy atom. The van der Waals surface area contributed by atoms with Gasteiger partial charge in [-0.15, -0.1) is 0 Å². The standard InChI is InChI=1S/C8H16O2.Ac/c1-4-7-5(2)6(3)8(9)10-7;/h5-9H,4H2,1-3H3;. The first kappa shape index (κ1) is 12.4. The van der Waals surface area contributed by atoms with Crippen LogP contribution in [0, 0.1) is 55.9 Å². The molecule has 1 fully saturated rings. The fourth-order valence-corrected chi connectivity index (χ4v) is 1.49. The molecule has 0 spiro atoms. The van der Waals surface area contributed by atoms with Crippen LogP contribution in [0.15, 0.2) is 0 Å². The molecule has 0 aromatic carbocycles. The van der Waals surface area contributed by atoms with Gasteiger partial charge in [-0.05, 0) is 12.3 Å². The van der Waals surface area contributed by atoms with Gasteiger partial charge in [-0.1, -0.05) is 20.8 Å². The summed E-state index contributed by atoms with van der Waals surface area (Å²) in [5, 5.41) is 9.25. The van der Waals surface area contributed by atoms with Gasteiger partial charge in [0.05, 0.1) is 6.10 Å². The van der Waals surface area contributed by atoms with Crippen LogP contribution in [-0.2, 0) is 4.74 Å². The van der Waals surface area contributed by atoms with Crippen LogP contribution < -0.4 is 0 Å². The van der Waals surface area contributed by atoms with Crippen molar-refractivity contribution in [2.24, 2.45) is 11.8 Å². The third-order valence-corrected chi connectivity index (χ3v) is 2.58. The molecule has 0 bridgehead atoms. The average Bonchev–Trinajstić information content (AvgIpc) is 2.17. The second-order valence-electron chi connectivity index (χ2n) is 3.19. The Kier molecular flexibility index (Phi) is 5.81. The zero-order valence-corrected chi connectivity index (χ0v) is 12.2. The molecule has 4 atom stereocenters. The fraction of sp³-hybridized carbons (Fsp3) is 1.00. The van der Waals surface area contributed by atoms with Gasteiger partial charge >= 0.3 is 0 Å². The molecule has 1 rings (SSSR count). The van der Waals surface area contributed by atoms with Crippen molar-refractivity contribution in [1.82, 2.24) is 0 Å². The summed E-state index contributed by atoms with van der Waals surface area (Å²) >= 11 is 0. The monoisotopic (exact) mass is 371 g/mol. The molecule has 1 aliphatic heterocycles. The van der Waals surface area contributed by atoms with Gasteiger partial charge in [0.1, 0.15) is 0 Å². The van der Waals surface area contributed by atoms with E-state index in [0.717, 1.165) is 6.42 Å². The minimum absolute atomic E-state index is 0. The summed E-state index contributed by atoms with van der Waals surface area (Å²) in [6.07, 6.45) is 0.743. The predicted molar refractivity (Wildman–Crippen MR) is 39.5 cm³/mol. The van der Waals surface area contributed by atoms with E-state index in [1.54, 1.807) is 0 Å². The first-order valence-corrected chi connectivity index (χ1v) is 4.00. The van der Waals surface area contributed by atoms with Gasteiger partial charge in [0.2, 0.25) is 0 Å². The molecule has 1 saturated heterocycles. The zero-order chi connectivity index (χ0) is 7.72. The molecule has 0 aromatic rings. The number of hydrogen-bond donors (Lipinski definition) is 1. The summed E-state index contributed by atoms with van der Waals surface area (Å²) in [5.41, 5.74) is 0. The van der Waals surface area contributed by atoms with Crippen molar-refractivity contribution in [3.05, 3.63) is 0 Å². The van der Waals surface area contributed by atoms with Gasteiger partial charge in [0.15, 0.2) is 6.29 Å². The Morgan fingerprint density at radius 2 is 1.82 bits per heavy atom. The van der Waals surface area contributed by atoms with Crippen molar-refractivity contribution >= 4 is 0 Å². The van der Waals surface area contributed by atoms with Crippen LogP contribution in [0.2, 0.25) is 0 Å². The molecule has 63 valence electrons. The summed E-state index contributed by atoms with van der Waals surface area (Å²) in [7, 11) is 0. The number of aliphatic hydroxyl groups excluding tert-OH is 1. The summed E-state index contributed by atoms with van der Waals surface area (Å²) in [6.45, 7) is 6.26. The quantitative estimate of drug-likeness (QED) is 0.755. The van der Waals surface area contributed by atoms with Crippen LogP contribution in [0.25, 0.3) is 0 Å². The molecule has 3 heteroatoms. The average molecular weight is 371 g/mol. The summed E-state index contributed by atoms with van der Waals surface area (Å²) < 4.78 is 5.29. The SMILES string of the molecule is CCC1OC(O)C(C)C1C.[Ac]. The molecule has 0 saturated carbocycles. The molecular formula is C8H16AcO2. The van der Waals surface area contributed by atoms with Gasteiger partial charge in [-0.3, -0.25) is 0 Å². The first-order valence-electron chi connectivity index (χ1n) is 4.00. The molecule has 1 radical (unpaired) electrons. The second-order valence-corrected chi connectivity index (χ2v) is 3.19. The van der Waals surface area contributed by atoms with E-state index in [2.05, 4.69) is 13.8 Å². The van der Waals surface area contributed by atoms with E-state index in [4.69, 9.17) is 4.74 Å². The molecule has 0 aliphatic carbocycles. The molecule has 0 amide bonds. The van der Waals surface area contributed by atoms with Crippen molar-refractivity contribution < 1.29 is 53.9 Å². The first-order chi connectivity index (χ1) is 4.66. The molecule has 11 heavy (non-hydrogen) atoms. The molecule has 1 aliphatic rings. The Hall–Kier alpha value is 1.36. The van der Waals surface area contributed by atoms with Crippen molar-refractivity contribution in [1.29, 1.82) is 0 Å². The van der Waals surface area contributed by atoms with Crippen LogP contribution >= 0.6 is 0 Å². The van der Waals surface area contributed by atoms with Gasteiger partial charge in [0, 0.05) is 50.0 Å². The number of rotatable bonds is 1. The molecule has 0 aromatic heterocycles. The summed E-state index contributed by atoms with van der Waals surface area (Å²) in [5.74, 6) is 0.796. The molecular weight excluding hydrogens is 355 g/mol. The number of hydrogen-bond acceptors (Lipinski definition) is 2. The van der Waals surface area contributed by atoms with Gasteiger partial charge in [-0.2, -0.15) is 0 Å². The Bertz CT molecular complexity index is 119. The maximum atomic E-state index is 9.25. The van der Waals surface area contributed by atoms with Crippen molar-refractivity contribution in [3.8, 4) is 0 Å². The van der Waals surface area contributed by atoms with E-state index in [9.17, 15) is 5.11 Å². The largest absolute Gasteiger partial charge is 0.368 e. The topological polar surface area (TPSA) is 29.5 Å². The van der Waals surface area contributed by atoms with Crippen LogP contribution in [0.3, 0.4) is 0 Å². The molecule has 2 nitrogen and oxygen atoms in total. The maximum Gasteiger partial charge on any atom is 0.157 e. The molecule has 4 unspecified atom stereocenters. The van der Waals surface area contributed by atoms with E-state index in [1.165, 1.54) is 0 Å². The van der Waals surface area contributed by atoms with Crippen LogP contribution in [0.4, 0.5) is 0 Å². The third-order valence-electron chi connectivity index (χ3n) is 2.58. The summed E-state index contributed by atoms with van der Waals surface area (Å²) in [4.78, 5) is 0. The Balaban J connectivity index is 0.000001000. The van der Waals surface area contributed by atoms with E-state index >= 15 is 0 Å². The van der Waals surface area contributed by atoms with Gasteiger partial charge in [-0.25, -0.2) is 0 Å². The van der Waals surface area contributed by atoms with E-state index in [-0.39, 0.29) is 50.2 Å². The van der Waals surface area contributed by atoms with Gasteiger partial charge in [0.25, 0.3) is 0 Å². The zero-order valence-electron chi connectivity index (χ0n) is 7.45. The van der Waals surface area contributed by atoms with Gasteiger partial charge < -0.3 is 9.84 Å². The fourth-order valence-electron chi connectivity index (χ4n) is 1.49. The molecule has 1 N–H and O–H groups in total. The Morgan fingerprint density at radius 3 is 2.00 bits per heavy atom. The van der Waals surface area contributed by atoms with Crippen LogP contribution in [-0.4, -0.2) is 17.5 Å². The number of ether oxygens (including phenoxy) is 1. The number of aliphatic hydroxyl groups is 1. The summed E-state index contributed by atoms with van der Waals surface area (Å²) in [6, 6.07) is 0. The van der Waals surface area contributed by atoms with E-state index < -0.39 is 6.29 Å². The minimum Gasteiger partial charge on any atom is -0.368 e. The molecule has 1 heterocycles.